The molecule has 0 radical (unpaired) electrons. The number of nitrogens with zero attached hydrogens (tertiary/aromatic N) is 3. The van der Waals surface area contributed by atoms with Crippen molar-refractivity contribution in [3.05, 3.63) is 41.7 Å². The minimum Gasteiger partial charge on any atom is -0.482 e. The summed E-state index contributed by atoms with van der Waals surface area (Å²) in [5, 5.41) is 13.0. The number of amides is 1. The lowest BCUT2D eigenvalue weighted by atomic mass is 10.1. The highest BCUT2D eigenvalue weighted by molar-refractivity contribution is 6.04. The Hall–Kier alpha value is -2.83. The number of aromatic nitrogens is 2. The molecule has 0 bridgehead atoms. The first-order valence-electron chi connectivity index (χ1n) is 7.56. The van der Waals surface area contributed by atoms with Gasteiger partial charge in [0.15, 0.2) is 6.61 Å². The van der Waals surface area contributed by atoms with Crippen LogP contribution in [0.1, 0.15) is 35.9 Å². The number of carbonyl (C=O) groups is 2. The second-order valence-corrected chi connectivity index (χ2v) is 5.77. The molecule has 7 heteroatoms. The maximum atomic E-state index is 12.7. The van der Waals surface area contributed by atoms with Crippen molar-refractivity contribution >= 4 is 17.6 Å². The molecule has 1 amide bonds. The average molecular weight is 331 g/mol. The van der Waals surface area contributed by atoms with E-state index < -0.39 is 12.6 Å². The first-order valence-corrected chi connectivity index (χ1v) is 7.56. The SMILES string of the molecule is CC(C)c1cc(C(=O)N(C)c2ccc(OCC(=O)O)cc2)n(C)n1. The number of anilines is 1. The molecule has 0 aliphatic heterocycles. The lowest BCUT2D eigenvalue weighted by Crippen LogP contribution is -2.28. The molecule has 0 unspecified atom stereocenters. The van der Waals surface area contributed by atoms with Crippen LogP contribution in [-0.4, -0.2) is 40.4 Å². The van der Waals surface area contributed by atoms with Crippen LogP contribution >= 0.6 is 0 Å². The first kappa shape index (κ1) is 17.5. The zero-order valence-electron chi connectivity index (χ0n) is 14.2. The largest absolute Gasteiger partial charge is 0.482 e. The van der Waals surface area contributed by atoms with E-state index in [0.717, 1.165) is 5.69 Å². The number of carboxylic acid groups (broad SMARTS) is 1. The summed E-state index contributed by atoms with van der Waals surface area (Å²) in [6.07, 6.45) is 0. The molecular formula is C17H21N3O4. The average Bonchev–Trinajstić information content (AvgIpc) is 2.94. The Labute approximate surface area is 140 Å². The Balaban J connectivity index is 2.14. The van der Waals surface area contributed by atoms with Gasteiger partial charge in [0, 0.05) is 19.8 Å². The lowest BCUT2D eigenvalue weighted by Gasteiger charge is -2.17. The van der Waals surface area contributed by atoms with E-state index in [1.54, 1.807) is 49.1 Å². The van der Waals surface area contributed by atoms with E-state index in [4.69, 9.17) is 9.84 Å². The molecule has 0 atom stereocenters. The van der Waals surface area contributed by atoms with Crippen molar-refractivity contribution in [3.63, 3.8) is 0 Å². The second-order valence-electron chi connectivity index (χ2n) is 5.77. The fourth-order valence-corrected chi connectivity index (χ4v) is 2.17. The van der Waals surface area contributed by atoms with Crippen molar-refractivity contribution < 1.29 is 19.4 Å². The number of rotatable bonds is 6. The number of carbonyl (C=O) groups excluding carboxylic acids is 1. The third-order valence-corrected chi connectivity index (χ3v) is 3.60. The van der Waals surface area contributed by atoms with Crippen molar-refractivity contribution in [2.75, 3.05) is 18.6 Å². The summed E-state index contributed by atoms with van der Waals surface area (Å²) in [5.41, 5.74) is 2.05. The standard InChI is InChI=1S/C17H21N3O4/c1-11(2)14-9-15(20(4)18-14)17(23)19(3)12-5-7-13(8-6-12)24-10-16(21)22/h5-9,11H,10H2,1-4H3,(H,21,22). The van der Waals surface area contributed by atoms with E-state index in [1.807, 2.05) is 13.8 Å². The van der Waals surface area contributed by atoms with Gasteiger partial charge in [-0.05, 0) is 36.2 Å². The van der Waals surface area contributed by atoms with E-state index in [0.29, 0.717) is 17.1 Å². The normalized spacial score (nSPS) is 10.7. The molecule has 0 fully saturated rings. The van der Waals surface area contributed by atoms with Crippen LogP contribution in [-0.2, 0) is 11.8 Å². The molecule has 0 saturated heterocycles. The molecule has 0 saturated carbocycles. The minimum absolute atomic E-state index is 0.170. The Morgan fingerprint density at radius 1 is 1.29 bits per heavy atom. The minimum atomic E-state index is -1.04. The quantitative estimate of drug-likeness (QED) is 0.878. The predicted molar refractivity (Wildman–Crippen MR) is 89.6 cm³/mol. The summed E-state index contributed by atoms with van der Waals surface area (Å²) in [6.45, 7) is 3.65. The molecule has 1 aromatic carbocycles. The van der Waals surface area contributed by atoms with Gasteiger partial charge in [-0.15, -0.1) is 0 Å². The van der Waals surface area contributed by atoms with E-state index in [9.17, 15) is 9.59 Å². The molecule has 7 nitrogen and oxygen atoms in total. The van der Waals surface area contributed by atoms with Gasteiger partial charge in [-0.1, -0.05) is 13.8 Å². The summed E-state index contributed by atoms with van der Waals surface area (Å²) in [5.74, 6) is -0.530. The molecule has 1 N–H and O–H groups in total. The van der Waals surface area contributed by atoms with E-state index >= 15 is 0 Å². The summed E-state index contributed by atoms with van der Waals surface area (Å²) < 4.78 is 6.66. The number of hydrogen-bond acceptors (Lipinski definition) is 4. The topological polar surface area (TPSA) is 84.7 Å². The third kappa shape index (κ3) is 3.92. The van der Waals surface area contributed by atoms with Crippen molar-refractivity contribution in [1.82, 2.24) is 9.78 Å². The van der Waals surface area contributed by atoms with Gasteiger partial charge in [0.05, 0.1) is 5.69 Å². The van der Waals surface area contributed by atoms with Crippen LogP contribution in [0.3, 0.4) is 0 Å². The lowest BCUT2D eigenvalue weighted by molar-refractivity contribution is -0.139. The molecule has 2 aromatic rings. The first-order chi connectivity index (χ1) is 11.3. The molecule has 0 aliphatic rings. The highest BCUT2D eigenvalue weighted by Crippen LogP contribution is 2.21. The molecular weight excluding hydrogens is 310 g/mol. The maximum absolute atomic E-state index is 12.7. The Morgan fingerprint density at radius 2 is 1.92 bits per heavy atom. The van der Waals surface area contributed by atoms with Crippen LogP contribution in [0.25, 0.3) is 0 Å². The smallest absolute Gasteiger partial charge is 0.341 e. The highest BCUT2D eigenvalue weighted by Gasteiger charge is 2.19. The number of hydrogen-bond donors (Lipinski definition) is 1. The van der Waals surface area contributed by atoms with Gasteiger partial charge in [0.25, 0.3) is 5.91 Å². The van der Waals surface area contributed by atoms with Crippen LogP contribution < -0.4 is 9.64 Å². The van der Waals surface area contributed by atoms with Crippen LogP contribution in [0.15, 0.2) is 30.3 Å². The van der Waals surface area contributed by atoms with Gasteiger partial charge in [0.2, 0.25) is 0 Å². The zero-order chi connectivity index (χ0) is 17.9. The Bertz CT molecular complexity index is 735. The molecule has 24 heavy (non-hydrogen) atoms. The van der Waals surface area contributed by atoms with E-state index in [1.165, 1.54) is 4.90 Å². The molecule has 2 rings (SSSR count). The van der Waals surface area contributed by atoms with Crippen molar-refractivity contribution in [2.24, 2.45) is 7.05 Å². The van der Waals surface area contributed by atoms with Gasteiger partial charge >= 0.3 is 5.97 Å². The van der Waals surface area contributed by atoms with E-state index in [-0.39, 0.29) is 11.8 Å². The van der Waals surface area contributed by atoms with Crippen molar-refractivity contribution in [1.29, 1.82) is 0 Å². The van der Waals surface area contributed by atoms with E-state index in [2.05, 4.69) is 5.10 Å². The summed E-state index contributed by atoms with van der Waals surface area (Å²) in [4.78, 5) is 24.7. The molecule has 1 heterocycles. The fraction of sp³-hybridized carbons (Fsp3) is 0.353. The molecule has 0 spiro atoms. The van der Waals surface area contributed by atoms with Crippen molar-refractivity contribution in [2.45, 2.75) is 19.8 Å². The summed E-state index contributed by atoms with van der Waals surface area (Å²) in [6, 6.07) is 8.47. The molecule has 0 aliphatic carbocycles. The second kappa shape index (κ2) is 7.16. The number of aryl methyl sites for hydroxylation is 1. The Kier molecular flexibility index (Phi) is 5.23. The number of ether oxygens (including phenoxy) is 1. The van der Waals surface area contributed by atoms with Gasteiger partial charge < -0.3 is 14.7 Å². The third-order valence-electron chi connectivity index (χ3n) is 3.60. The predicted octanol–water partition coefficient (Wildman–Crippen LogP) is 2.28. The molecule has 1 aromatic heterocycles. The maximum Gasteiger partial charge on any atom is 0.341 e. The Morgan fingerprint density at radius 3 is 2.42 bits per heavy atom. The van der Waals surface area contributed by atoms with Crippen LogP contribution in [0, 0.1) is 0 Å². The highest BCUT2D eigenvalue weighted by atomic mass is 16.5. The van der Waals surface area contributed by atoms with Gasteiger partial charge in [-0.3, -0.25) is 9.48 Å². The zero-order valence-corrected chi connectivity index (χ0v) is 14.2. The van der Waals surface area contributed by atoms with Crippen LogP contribution in [0.4, 0.5) is 5.69 Å². The van der Waals surface area contributed by atoms with Crippen LogP contribution in [0.2, 0.25) is 0 Å². The summed E-state index contributed by atoms with van der Waals surface area (Å²) in [7, 11) is 3.42. The van der Waals surface area contributed by atoms with Gasteiger partial charge in [-0.25, -0.2) is 4.79 Å². The van der Waals surface area contributed by atoms with Crippen molar-refractivity contribution in [3.8, 4) is 5.75 Å². The van der Waals surface area contributed by atoms with Crippen LogP contribution in [0.5, 0.6) is 5.75 Å². The number of carboxylic acids is 1. The number of aliphatic carboxylic acids is 1. The van der Waals surface area contributed by atoms with Gasteiger partial charge in [-0.2, -0.15) is 5.10 Å². The molecule has 128 valence electrons. The summed E-state index contributed by atoms with van der Waals surface area (Å²) >= 11 is 0. The fourth-order valence-electron chi connectivity index (χ4n) is 2.17. The monoisotopic (exact) mass is 331 g/mol. The van der Waals surface area contributed by atoms with Gasteiger partial charge in [0.1, 0.15) is 11.4 Å². The number of benzene rings is 1.